The summed E-state index contributed by atoms with van der Waals surface area (Å²) in [5.74, 6) is -0.517. The molecule has 11 heteroatoms. The van der Waals surface area contributed by atoms with E-state index in [4.69, 9.17) is 35.2 Å². The number of carbonyl (C=O) groups is 2. The summed E-state index contributed by atoms with van der Waals surface area (Å²) >= 11 is 0. The molecular formula is C16H32FN3O7. The fourth-order valence-corrected chi connectivity index (χ4v) is 1.72. The summed E-state index contributed by atoms with van der Waals surface area (Å²) < 4.78 is 40.1. The van der Waals surface area contributed by atoms with Crippen LogP contribution in [0.2, 0.25) is 0 Å². The molecule has 0 aromatic carbocycles. The zero-order valence-corrected chi connectivity index (χ0v) is 16.0. The maximum absolute atomic E-state index is 13.9. The number of primary amides is 2. The fraction of sp³-hybridized carbons (Fsp3) is 0.875. The van der Waals surface area contributed by atoms with Gasteiger partial charge in [-0.2, -0.15) is 0 Å². The molecule has 0 spiro atoms. The van der Waals surface area contributed by atoms with Gasteiger partial charge < -0.3 is 40.5 Å². The van der Waals surface area contributed by atoms with Crippen molar-refractivity contribution in [2.75, 3.05) is 66.0 Å². The second-order valence-corrected chi connectivity index (χ2v) is 6.02. The van der Waals surface area contributed by atoms with Crippen LogP contribution in [0.4, 0.5) is 9.18 Å². The molecule has 0 aliphatic carbocycles. The smallest absolute Gasteiger partial charge is 0.312 e. The molecular weight excluding hydrogens is 365 g/mol. The minimum atomic E-state index is -1.39. The van der Waals surface area contributed by atoms with Crippen LogP contribution in [0.15, 0.2) is 0 Å². The first-order valence-electron chi connectivity index (χ1n) is 8.66. The molecule has 0 radical (unpaired) electrons. The summed E-state index contributed by atoms with van der Waals surface area (Å²) in [4.78, 5) is 21.0. The summed E-state index contributed by atoms with van der Waals surface area (Å²) in [6.07, 6.45) is -1.39. The highest BCUT2D eigenvalue weighted by Gasteiger charge is 2.30. The molecule has 0 saturated heterocycles. The van der Waals surface area contributed by atoms with Gasteiger partial charge in [-0.3, -0.25) is 4.79 Å². The van der Waals surface area contributed by atoms with Crippen molar-refractivity contribution in [3.8, 4) is 0 Å². The normalized spacial score (nSPS) is 12.7. The van der Waals surface area contributed by atoms with Crippen molar-refractivity contribution in [3.63, 3.8) is 0 Å². The molecule has 0 heterocycles. The number of amides is 3. The lowest BCUT2D eigenvalue weighted by molar-refractivity contribution is -0.123. The first kappa shape index (κ1) is 25.5. The van der Waals surface area contributed by atoms with E-state index in [1.54, 1.807) is 13.8 Å². The summed E-state index contributed by atoms with van der Waals surface area (Å²) in [6.45, 7) is 5.54. The predicted molar refractivity (Wildman–Crippen MR) is 95.0 cm³/mol. The van der Waals surface area contributed by atoms with Gasteiger partial charge in [0.05, 0.1) is 65.0 Å². The lowest BCUT2D eigenvalue weighted by Crippen LogP contribution is -2.45. The van der Waals surface area contributed by atoms with Crippen LogP contribution in [-0.4, -0.2) is 89.7 Å². The molecule has 3 amide bonds. The van der Waals surface area contributed by atoms with Crippen LogP contribution in [0.1, 0.15) is 13.8 Å². The van der Waals surface area contributed by atoms with Crippen molar-refractivity contribution >= 4 is 11.9 Å². The number of ether oxygens (including phenoxy) is 5. The van der Waals surface area contributed by atoms with Gasteiger partial charge in [0.2, 0.25) is 5.91 Å². The highest BCUT2D eigenvalue weighted by Crippen LogP contribution is 2.17. The van der Waals surface area contributed by atoms with E-state index in [-0.39, 0.29) is 26.4 Å². The number of hydrogen-bond acceptors (Lipinski definition) is 7. The van der Waals surface area contributed by atoms with Crippen LogP contribution in [-0.2, 0) is 28.5 Å². The fourth-order valence-electron chi connectivity index (χ4n) is 1.72. The van der Waals surface area contributed by atoms with Crippen molar-refractivity contribution in [2.45, 2.75) is 25.6 Å². The molecule has 0 aliphatic heterocycles. The first-order chi connectivity index (χ1) is 12.8. The third-order valence-electron chi connectivity index (χ3n) is 3.27. The van der Waals surface area contributed by atoms with E-state index in [1.165, 1.54) is 0 Å². The van der Waals surface area contributed by atoms with Crippen LogP contribution in [0.25, 0.3) is 0 Å². The zero-order chi connectivity index (χ0) is 20.5. The largest absolute Gasteiger partial charge is 0.377 e. The molecule has 0 aromatic rings. The number of alkyl halides is 1. The maximum atomic E-state index is 13.9. The Balaban J connectivity index is 3.41. The van der Waals surface area contributed by atoms with Gasteiger partial charge in [-0.1, -0.05) is 0 Å². The van der Waals surface area contributed by atoms with E-state index in [1.807, 2.05) is 0 Å². The molecule has 0 aliphatic rings. The molecule has 1 atom stereocenters. The summed E-state index contributed by atoms with van der Waals surface area (Å²) in [5, 5.41) is 2.21. The van der Waals surface area contributed by atoms with Gasteiger partial charge in [0.15, 0.2) is 0 Å². The van der Waals surface area contributed by atoms with E-state index in [9.17, 15) is 14.0 Å². The van der Waals surface area contributed by atoms with Crippen LogP contribution in [0, 0.1) is 0 Å². The number of hydrogen-bond donors (Lipinski definition) is 3. The van der Waals surface area contributed by atoms with Gasteiger partial charge >= 0.3 is 6.03 Å². The third kappa shape index (κ3) is 16.4. The zero-order valence-electron chi connectivity index (χ0n) is 16.0. The molecule has 1 unspecified atom stereocenters. The molecule has 10 nitrogen and oxygen atoms in total. The van der Waals surface area contributed by atoms with Crippen LogP contribution in [0.5, 0.6) is 0 Å². The number of urea groups is 1. The number of carbonyl (C=O) groups excluding carboxylic acids is 2. The topological polar surface area (TPSA) is 144 Å². The Morgan fingerprint density at radius 3 is 1.78 bits per heavy atom. The van der Waals surface area contributed by atoms with Gasteiger partial charge in [-0.25, -0.2) is 9.18 Å². The lowest BCUT2D eigenvalue weighted by Gasteiger charge is -2.29. The quantitative estimate of drug-likeness (QED) is 0.260. The second kappa shape index (κ2) is 15.5. The highest BCUT2D eigenvalue weighted by molar-refractivity contribution is 5.74. The standard InChI is InChI=1S/C16H32FN3O7/c1-16(2,13(17)11-20-15(19)22)27-10-9-25-6-5-23-3-4-24-7-8-26-12-14(18)21/h13H,3-12H2,1-2H3,(H2,18,21)(H3,19,20,22). The molecule has 0 fully saturated rings. The minimum absolute atomic E-state index is 0.117. The average molecular weight is 397 g/mol. The van der Waals surface area contributed by atoms with Crippen molar-refractivity contribution < 1.29 is 37.7 Å². The van der Waals surface area contributed by atoms with Crippen molar-refractivity contribution in [1.82, 2.24) is 5.32 Å². The van der Waals surface area contributed by atoms with Crippen molar-refractivity contribution in [1.29, 1.82) is 0 Å². The Bertz CT molecular complexity index is 413. The van der Waals surface area contributed by atoms with Gasteiger partial charge in [0.1, 0.15) is 12.8 Å². The Morgan fingerprint density at radius 2 is 1.33 bits per heavy atom. The molecule has 0 rings (SSSR count). The molecule has 27 heavy (non-hydrogen) atoms. The van der Waals surface area contributed by atoms with Crippen LogP contribution < -0.4 is 16.8 Å². The SMILES string of the molecule is CC(C)(OCCOCCOCCOCCOCC(N)=O)C(F)CNC(N)=O. The van der Waals surface area contributed by atoms with Gasteiger partial charge in [-0.05, 0) is 13.8 Å². The number of halogens is 1. The number of rotatable bonds is 18. The van der Waals surface area contributed by atoms with E-state index < -0.39 is 23.7 Å². The van der Waals surface area contributed by atoms with Gasteiger partial charge in [0, 0.05) is 0 Å². The van der Waals surface area contributed by atoms with Crippen LogP contribution in [0.3, 0.4) is 0 Å². The summed E-state index contributed by atoms with van der Waals surface area (Å²) in [5.41, 5.74) is 8.74. The summed E-state index contributed by atoms with van der Waals surface area (Å²) in [6, 6.07) is -0.779. The molecule has 160 valence electrons. The van der Waals surface area contributed by atoms with Crippen molar-refractivity contribution in [3.05, 3.63) is 0 Å². The average Bonchev–Trinajstić information content (AvgIpc) is 2.59. The predicted octanol–water partition coefficient (Wildman–Crippen LogP) is -0.660. The Kier molecular flexibility index (Phi) is 14.6. The van der Waals surface area contributed by atoms with E-state index in [0.29, 0.717) is 39.6 Å². The molecule has 0 saturated carbocycles. The molecule has 5 N–H and O–H groups in total. The number of nitrogens with one attached hydrogen (secondary N) is 1. The van der Waals surface area contributed by atoms with Gasteiger partial charge in [-0.15, -0.1) is 0 Å². The molecule has 0 aromatic heterocycles. The monoisotopic (exact) mass is 397 g/mol. The van der Waals surface area contributed by atoms with Crippen molar-refractivity contribution in [2.24, 2.45) is 11.5 Å². The minimum Gasteiger partial charge on any atom is -0.377 e. The summed E-state index contributed by atoms with van der Waals surface area (Å²) in [7, 11) is 0. The molecule has 0 bridgehead atoms. The van der Waals surface area contributed by atoms with Gasteiger partial charge in [0.25, 0.3) is 0 Å². The first-order valence-corrected chi connectivity index (χ1v) is 8.66. The van der Waals surface area contributed by atoms with E-state index in [2.05, 4.69) is 5.32 Å². The third-order valence-corrected chi connectivity index (χ3v) is 3.27. The Hall–Kier alpha value is -1.53. The van der Waals surface area contributed by atoms with Crippen LogP contribution >= 0.6 is 0 Å². The second-order valence-electron chi connectivity index (χ2n) is 6.02. The Morgan fingerprint density at radius 1 is 0.889 bits per heavy atom. The van der Waals surface area contributed by atoms with E-state index in [0.717, 1.165) is 0 Å². The Labute approximate surface area is 158 Å². The highest BCUT2D eigenvalue weighted by atomic mass is 19.1. The lowest BCUT2D eigenvalue weighted by atomic mass is 10.0. The number of nitrogens with two attached hydrogens (primary N) is 2. The maximum Gasteiger partial charge on any atom is 0.312 e. The van der Waals surface area contributed by atoms with E-state index >= 15 is 0 Å².